The summed E-state index contributed by atoms with van der Waals surface area (Å²) in [6.07, 6.45) is -0.364. The van der Waals surface area contributed by atoms with E-state index in [1.165, 1.54) is 16.7 Å². The van der Waals surface area contributed by atoms with Gasteiger partial charge in [-0.25, -0.2) is 0 Å². The van der Waals surface area contributed by atoms with Gasteiger partial charge in [-0.2, -0.15) is 0 Å². The highest BCUT2D eigenvalue weighted by Crippen LogP contribution is 2.15. The lowest BCUT2D eigenvalue weighted by atomic mass is 9.96. The lowest BCUT2D eigenvalue weighted by Crippen LogP contribution is -2.47. The molecular formula is C14H23NO. The van der Waals surface area contributed by atoms with Gasteiger partial charge in [0.25, 0.3) is 0 Å². The fourth-order valence-corrected chi connectivity index (χ4v) is 1.59. The van der Waals surface area contributed by atoms with E-state index >= 15 is 0 Å². The Balaban J connectivity index is 2.75. The number of aliphatic hydroxyl groups excluding tert-OH is 1. The van der Waals surface area contributed by atoms with E-state index in [4.69, 9.17) is 0 Å². The number of aliphatic hydroxyl groups is 1. The molecule has 0 saturated carbocycles. The standard InChI is InChI=1S/C14H23NO/c1-10-7-6-8-11(2)13(10)9-15-14(4,5)12(3)16/h6-8,12,15-16H,9H2,1-5H3. The van der Waals surface area contributed by atoms with Crippen LogP contribution in [0.5, 0.6) is 0 Å². The molecular weight excluding hydrogens is 198 g/mol. The summed E-state index contributed by atoms with van der Waals surface area (Å²) in [7, 11) is 0. The van der Waals surface area contributed by atoms with Crippen LogP contribution < -0.4 is 5.32 Å². The summed E-state index contributed by atoms with van der Waals surface area (Å²) in [6.45, 7) is 10.9. The van der Waals surface area contributed by atoms with Gasteiger partial charge in [-0.15, -0.1) is 0 Å². The van der Waals surface area contributed by atoms with Crippen LogP contribution in [0.15, 0.2) is 18.2 Å². The minimum Gasteiger partial charge on any atom is -0.392 e. The zero-order valence-electron chi connectivity index (χ0n) is 11.0. The molecule has 0 radical (unpaired) electrons. The van der Waals surface area contributed by atoms with Crippen molar-refractivity contribution in [2.75, 3.05) is 0 Å². The summed E-state index contributed by atoms with van der Waals surface area (Å²) >= 11 is 0. The highest BCUT2D eigenvalue weighted by atomic mass is 16.3. The average Bonchev–Trinajstić information content (AvgIpc) is 2.16. The fourth-order valence-electron chi connectivity index (χ4n) is 1.59. The van der Waals surface area contributed by atoms with E-state index in [2.05, 4.69) is 37.4 Å². The molecule has 0 aliphatic heterocycles. The second-order valence-electron chi connectivity index (χ2n) is 5.12. The second-order valence-corrected chi connectivity index (χ2v) is 5.12. The number of hydrogen-bond donors (Lipinski definition) is 2. The summed E-state index contributed by atoms with van der Waals surface area (Å²) in [4.78, 5) is 0. The predicted molar refractivity (Wildman–Crippen MR) is 68.5 cm³/mol. The van der Waals surface area contributed by atoms with Crippen molar-refractivity contribution in [3.05, 3.63) is 34.9 Å². The quantitative estimate of drug-likeness (QED) is 0.819. The average molecular weight is 221 g/mol. The Morgan fingerprint density at radius 2 is 1.75 bits per heavy atom. The third kappa shape index (κ3) is 3.06. The SMILES string of the molecule is Cc1cccc(C)c1CNC(C)(C)C(C)O. The fraction of sp³-hybridized carbons (Fsp3) is 0.571. The Morgan fingerprint density at radius 1 is 1.25 bits per heavy atom. The molecule has 0 bridgehead atoms. The van der Waals surface area contributed by atoms with Gasteiger partial charge in [0.1, 0.15) is 0 Å². The molecule has 0 spiro atoms. The maximum atomic E-state index is 9.63. The molecule has 0 aliphatic rings. The van der Waals surface area contributed by atoms with Crippen LogP contribution in [-0.2, 0) is 6.54 Å². The van der Waals surface area contributed by atoms with Crippen LogP contribution in [0.3, 0.4) is 0 Å². The van der Waals surface area contributed by atoms with Gasteiger partial charge >= 0.3 is 0 Å². The first-order valence-corrected chi connectivity index (χ1v) is 5.83. The first kappa shape index (κ1) is 13.2. The number of rotatable bonds is 4. The van der Waals surface area contributed by atoms with E-state index in [9.17, 15) is 5.11 Å². The Bertz CT molecular complexity index is 336. The molecule has 1 unspecified atom stereocenters. The van der Waals surface area contributed by atoms with Crippen LogP contribution in [0.4, 0.5) is 0 Å². The van der Waals surface area contributed by atoms with Crippen molar-refractivity contribution in [1.29, 1.82) is 0 Å². The molecule has 2 nitrogen and oxygen atoms in total. The van der Waals surface area contributed by atoms with Crippen molar-refractivity contribution in [2.24, 2.45) is 0 Å². The first-order chi connectivity index (χ1) is 7.34. The second kappa shape index (κ2) is 4.98. The van der Waals surface area contributed by atoms with E-state index in [0.717, 1.165) is 6.54 Å². The molecule has 0 heterocycles. The molecule has 2 heteroatoms. The number of hydrogen-bond acceptors (Lipinski definition) is 2. The predicted octanol–water partition coefficient (Wildman–Crippen LogP) is 2.55. The minimum atomic E-state index is -0.364. The molecule has 1 atom stereocenters. The summed E-state index contributed by atoms with van der Waals surface area (Å²) < 4.78 is 0. The molecule has 2 N–H and O–H groups in total. The lowest BCUT2D eigenvalue weighted by Gasteiger charge is -2.30. The van der Waals surface area contributed by atoms with Crippen molar-refractivity contribution < 1.29 is 5.11 Å². The molecule has 0 saturated heterocycles. The normalized spacial score (nSPS) is 13.9. The van der Waals surface area contributed by atoms with Gasteiger partial charge < -0.3 is 10.4 Å². The van der Waals surface area contributed by atoms with E-state index in [-0.39, 0.29) is 11.6 Å². The molecule has 0 amide bonds. The van der Waals surface area contributed by atoms with Crippen LogP contribution in [0.2, 0.25) is 0 Å². The summed E-state index contributed by atoms with van der Waals surface area (Å²) in [5.41, 5.74) is 3.67. The highest BCUT2D eigenvalue weighted by Gasteiger charge is 2.23. The van der Waals surface area contributed by atoms with Crippen LogP contribution in [0, 0.1) is 13.8 Å². The minimum absolute atomic E-state index is 0.255. The van der Waals surface area contributed by atoms with Crippen molar-refractivity contribution in [3.8, 4) is 0 Å². The summed E-state index contributed by atoms with van der Waals surface area (Å²) in [5, 5.41) is 13.0. The molecule has 0 aliphatic carbocycles. The van der Waals surface area contributed by atoms with E-state index in [1.807, 2.05) is 20.8 Å². The van der Waals surface area contributed by atoms with Crippen LogP contribution in [0.1, 0.15) is 37.5 Å². The smallest absolute Gasteiger partial charge is 0.0688 e. The summed E-state index contributed by atoms with van der Waals surface area (Å²) in [6, 6.07) is 6.33. The van der Waals surface area contributed by atoms with Gasteiger partial charge in [0.15, 0.2) is 0 Å². The van der Waals surface area contributed by atoms with Gasteiger partial charge in [0.2, 0.25) is 0 Å². The Kier molecular flexibility index (Phi) is 4.11. The lowest BCUT2D eigenvalue weighted by molar-refractivity contribution is 0.0956. The number of nitrogens with one attached hydrogen (secondary N) is 1. The van der Waals surface area contributed by atoms with E-state index in [1.54, 1.807) is 0 Å². The Morgan fingerprint density at radius 3 is 2.19 bits per heavy atom. The molecule has 16 heavy (non-hydrogen) atoms. The highest BCUT2D eigenvalue weighted by molar-refractivity contribution is 5.33. The number of aryl methyl sites for hydroxylation is 2. The molecule has 0 fully saturated rings. The van der Waals surface area contributed by atoms with E-state index in [0.29, 0.717) is 0 Å². The summed E-state index contributed by atoms with van der Waals surface area (Å²) in [5.74, 6) is 0. The van der Waals surface area contributed by atoms with E-state index < -0.39 is 0 Å². The largest absolute Gasteiger partial charge is 0.392 e. The van der Waals surface area contributed by atoms with Crippen molar-refractivity contribution in [3.63, 3.8) is 0 Å². The maximum absolute atomic E-state index is 9.63. The van der Waals surface area contributed by atoms with Crippen LogP contribution in [-0.4, -0.2) is 16.7 Å². The Labute approximate surface area is 98.7 Å². The zero-order chi connectivity index (χ0) is 12.3. The van der Waals surface area contributed by atoms with Crippen molar-refractivity contribution in [1.82, 2.24) is 5.32 Å². The maximum Gasteiger partial charge on any atom is 0.0688 e. The first-order valence-electron chi connectivity index (χ1n) is 5.83. The molecule has 1 aromatic rings. The molecule has 0 aromatic heterocycles. The van der Waals surface area contributed by atoms with Crippen molar-refractivity contribution >= 4 is 0 Å². The van der Waals surface area contributed by atoms with Crippen LogP contribution >= 0.6 is 0 Å². The van der Waals surface area contributed by atoms with Gasteiger partial charge in [0, 0.05) is 12.1 Å². The third-order valence-electron chi connectivity index (χ3n) is 3.41. The van der Waals surface area contributed by atoms with Crippen molar-refractivity contribution in [2.45, 2.75) is 52.8 Å². The van der Waals surface area contributed by atoms with Gasteiger partial charge in [-0.3, -0.25) is 0 Å². The van der Waals surface area contributed by atoms with Gasteiger partial charge in [-0.05, 0) is 51.3 Å². The molecule has 1 rings (SSSR count). The molecule has 90 valence electrons. The molecule has 1 aromatic carbocycles. The van der Waals surface area contributed by atoms with Crippen LogP contribution in [0.25, 0.3) is 0 Å². The Hall–Kier alpha value is -0.860. The van der Waals surface area contributed by atoms with Gasteiger partial charge in [0.05, 0.1) is 6.10 Å². The van der Waals surface area contributed by atoms with Gasteiger partial charge in [-0.1, -0.05) is 18.2 Å². The monoisotopic (exact) mass is 221 g/mol. The zero-order valence-corrected chi connectivity index (χ0v) is 11.0. The third-order valence-corrected chi connectivity index (χ3v) is 3.41. The topological polar surface area (TPSA) is 32.3 Å². The number of benzene rings is 1.